The van der Waals surface area contributed by atoms with Crippen LogP contribution in [0.2, 0.25) is 0 Å². The van der Waals surface area contributed by atoms with Crippen LogP contribution in [0.1, 0.15) is 27.5 Å². The molecule has 7 nitrogen and oxygen atoms in total. The largest absolute Gasteiger partial charge is 0.497 e. The van der Waals surface area contributed by atoms with Gasteiger partial charge in [0.1, 0.15) is 17.2 Å². The number of carbonyl (C=O) groups excluding carboxylic acids is 3. The summed E-state index contributed by atoms with van der Waals surface area (Å²) in [6.07, 6.45) is 0. The predicted molar refractivity (Wildman–Crippen MR) is 107 cm³/mol. The summed E-state index contributed by atoms with van der Waals surface area (Å²) in [6, 6.07) is 13.1. The molecule has 3 aromatic rings. The summed E-state index contributed by atoms with van der Waals surface area (Å²) in [5, 5.41) is 8.01. The number of ether oxygens (including phenoxy) is 1. The van der Waals surface area contributed by atoms with Gasteiger partial charge < -0.3 is 4.74 Å². The van der Waals surface area contributed by atoms with Gasteiger partial charge in [0, 0.05) is 5.56 Å². The number of benzene rings is 2. The molecular weight excluding hydrogens is 390 g/mol. The molecule has 1 amide bonds. The van der Waals surface area contributed by atoms with Crippen molar-refractivity contribution >= 4 is 33.9 Å². The number of nitrogens with zero attached hydrogens (tertiary/aromatic N) is 3. The fourth-order valence-electron chi connectivity index (χ4n) is 3.45. The van der Waals surface area contributed by atoms with Gasteiger partial charge in [-0.15, -0.1) is 10.2 Å². The summed E-state index contributed by atoms with van der Waals surface area (Å²) < 4.78 is 5.19. The average Bonchev–Trinajstić information content (AvgIpc) is 3.35. The number of hydrogen-bond donors (Lipinski definition) is 0. The van der Waals surface area contributed by atoms with E-state index in [1.807, 2.05) is 6.92 Å². The van der Waals surface area contributed by atoms with E-state index in [2.05, 4.69) is 10.2 Å². The minimum Gasteiger partial charge on any atom is -0.497 e. The normalized spacial score (nSPS) is 18.9. The Morgan fingerprint density at radius 3 is 2.34 bits per heavy atom. The van der Waals surface area contributed by atoms with E-state index in [9.17, 15) is 14.4 Å². The van der Waals surface area contributed by atoms with Gasteiger partial charge >= 0.3 is 0 Å². The number of hydrogen-bond acceptors (Lipinski definition) is 7. The van der Waals surface area contributed by atoms with Crippen LogP contribution in [-0.4, -0.2) is 34.8 Å². The molecule has 1 aliphatic rings. The van der Waals surface area contributed by atoms with Gasteiger partial charge in [0.2, 0.25) is 10.9 Å². The van der Waals surface area contributed by atoms with Crippen LogP contribution in [-0.2, 0) is 9.59 Å². The topological polar surface area (TPSA) is 89.5 Å². The lowest BCUT2D eigenvalue weighted by Gasteiger charge is -2.25. The Kier molecular flexibility index (Phi) is 4.94. The molecule has 1 aliphatic heterocycles. The molecule has 2 aromatic carbocycles. The van der Waals surface area contributed by atoms with Crippen molar-refractivity contribution in [1.82, 2.24) is 10.2 Å². The quantitative estimate of drug-likeness (QED) is 0.367. The minimum atomic E-state index is -1.16. The number of ketones is 2. The zero-order chi connectivity index (χ0) is 20.5. The molecule has 0 radical (unpaired) electrons. The van der Waals surface area contributed by atoms with E-state index < -0.39 is 29.4 Å². The van der Waals surface area contributed by atoms with Crippen molar-refractivity contribution in [3.8, 4) is 5.75 Å². The number of rotatable bonds is 5. The lowest BCUT2D eigenvalue weighted by Crippen LogP contribution is -2.30. The van der Waals surface area contributed by atoms with Crippen molar-refractivity contribution in [3.63, 3.8) is 0 Å². The predicted octanol–water partition coefficient (Wildman–Crippen LogP) is 3.01. The Labute approximate surface area is 171 Å². The summed E-state index contributed by atoms with van der Waals surface area (Å²) in [6.45, 7) is 1.91. The Bertz CT molecular complexity index is 1060. The van der Waals surface area contributed by atoms with Crippen molar-refractivity contribution in [1.29, 1.82) is 0 Å². The van der Waals surface area contributed by atoms with Crippen LogP contribution >= 0.6 is 11.3 Å². The maximum atomic E-state index is 13.3. The van der Waals surface area contributed by atoms with Crippen LogP contribution in [0.5, 0.6) is 5.75 Å². The first-order valence-electron chi connectivity index (χ1n) is 8.89. The van der Waals surface area contributed by atoms with Crippen molar-refractivity contribution in [2.24, 2.45) is 5.92 Å². The van der Waals surface area contributed by atoms with E-state index in [1.165, 1.54) is 10.4 Å². The van der Waals surface area contributed by atoms with Crippen LogP contribution in [0, 0.1) is 12.8 Å². The van der Waals surface area contributed by atoms with E-state index in [0.717, 1.165) is 16.9 Å². The highest BCUT2D eigenvalue weighted by Gasteiger charge is 2.53. The molecule has 0 bridgehead atoms. The van der Waals surface area contributed by atoms with Crippen molar-refractivity contribution in [2.75, 3.05) is 12.0 Å². The fraction of sp³-hybridized carbons (Fsp3) is 0.190. The molecular formula is C21H17N3O4S. The van der Waals surface area contributed by atoms with Gasteiger partial charge in [0.25, 0.3) is 5.91 Å². The van der Waals surface area contributed by atoms with E-state index in [1.54, 1.807) is 55.6 Å². The molecule has 1 saturated heterocycles. The van der Waals surface area contributed by atoms with E-state index in [4.69, 9.17) is 4.74 Å². The second-order valence-corrected chi connectivity index (χ2v) is 7.50. The third-order valence-corrected chi connectivity index (χ3v) is 5.63. The number of amides is 1. The molecule has 146 valence electrons. The maximum Gasteiger partial charge on any atom is 0.297 e. The summed E-state index contributed by atoms with van der Waals surface area (Å²) in [5.41, 5.74) is 3.51. The molecule has 8 heteroatoms. The summed E-state index contributed by atoms with van der Waals surface area (Å²) >= 11 is 1.14. The summed E-state index contributed by atoms with van der Waals surface area (Å²) in [4.78, 5) is 40.3. The first kappa shape index (κ1) is 18.9. The zero-order valence-corrected chi connectivity index (χ0v) is 16.6. The number of aromatic nitrogens is 2. The zero-order valence-electron chi connectivity index (χ0n) is 15.7. The molecule has 29 heavy (non-hydrogen) atoms. The molecule has 4 rings (SSSR count). The third kappa shape index (κ3) is 3.31. The highest BCUT2D eigenvalue weighted by atomic mass is 32.1. The van der Waals surface area contributed by atoms with Gasteiger partial charge in [-0.3, -0.25) is 19.3 Å². The average molecular weight is 407 g/mol. The number of carbonyl (C=O) groups is 3. The Morgan fingerprint density at radius 1 is 1.07 bits per heavy atom. The van der Waals surface area contributed by atoms with Crippen molar-refractivity contribution < 1.29 is 19.1 Å². The maximum absolute atomic E-state index is 13.3. The fourth-order valence-corrected chi connectivity index (χ4v) is 4.04. The van der Waals surface area contributed by atoms with Gasteiger partial charge in [-0.25, -0.2) is 0 Å². The molecule has 0 aliphatic carbocycles. The lowest BCUT2D eigenvalue weighted by molar-refractivity contribution is -0.135. The first-order chi connectivity index (χ1) is 14.0. The van der Waals surface area contributed by atoms with Gasteiger partial charge in [0.15, 0.2) is 5.78 Å². The summed E-state index contributed by atoms with van der Waals surface area (Å²) in [7, 11) is 1.55. The van der Waals surface area contributed by atoms with Gasteiger partial charge in [-0.2, -0.15) is 0 Å². The molecule has 2 unspecified atom stereocenters. The number of aryl methyl sites for hydroxylation is 1. The first-order valence-corrected chi connectivity index (χ1v) is 9.77. The highest BCUT2D eigenvalue weighted by Crippen LogP contribution is 2.41. The Hall–Kier alpha value is -3.39. The third-order valence-electron chi connectivity index (χ3n) is 4.94. The monoisotopic (exact) mass is 407 g/mol. The molecule has 1 aromatic heterocycles. The molecule has 2 heterocycles. The van der Waals surface area contributed by atoms with E-state index in [0.29, 0.717) is 16.9 Å². The molecule has 0 N–H and O–H groups in total. The van der Waals surface area contributed by atoms with Crippen LogP contribution in [0.4, 0.5) is 5.13 Å². The Balaban J connectivity index is 1.82. The van der Waals surface area contributed by atoms with Crippen LogP contribution in [0.25, 0.3) is 0 Å². The smallest absolute Gasteiger partial charge is 0.297 e. The number of anilines is 1. The van der Waals surface area contributed by atoms with Crippen LogP contribution in [0.15, 0.2) is 54.0 Å². The van der Waals surface area contributed by atoms with Crippen molar-refractivity contribution in [3.05, 3.63) is 70.7 Å². The summed E-state index contributed by atoms with van der Waals surface area (Å²) in [5.74, 6) is -2.42. The number of Topliss-reactive ketones (excluding diaryl/α,β-unsaturated/α-hetero) is 2. The highest BCUT2D eigenvalue weighted by molar-refractivity contribution is 7.13. The van der Waals surface area contributed by atoms with Gasteiger partial charge in [0.05, 0.1) is 13.2 Å². The molecule has 0 spiro atoms. The molecule has 0 saturated carbocycles. The minimum absolute atomic E-state index is 0.281. The number of methoxy groups -OCH3 is 1. The molecule has 1 fully saturated rings. The van der Waals surface area contributed by atoms with Gasteiger partial charge in [-0.05, 0) is 24.6 Å². The molecule has 2 atom stereocenters. The van der Waals surface area contributed by atoms with E-state index in [-0.39, 0.29) is 5.13 Å². The van der Waals surface area contributed by atoms with Crippen LogP contribution in [0.3, 0.4) is 0 Å². The second kappa shape index (κ2) is 7.56. The standard InChI is InChI=1S/C21H17N3O4S/c1-12-3-5-14(6-4-12)18(25)16-17(13-7-9-15(28-2)10-8-13)24(20(27)19(16)26)21-23-22-11-29-21/h3-11,16-17H,1-2H3. The Morgan fingerprint density at radius 2 is 1.76 bits per heavy atom. The lowest BCUT2D eigenvalue weighted by atomic mass is 9.86. The van der Waals surface area contributed by atoms with Crippen LogP contribution < -0.4 is 9.64 Å². The second-order valence-electron chi connectivity index (χ2n) is 6.69. The van der Waals surface area contributed by atoms with E-state index >= 15 is 0 Å². The van der Waals surface area contributed by atoms with Crippen molar-refractivity contribution in [2.45, 2.75) is 13.0 Å². The SMILES string of the molecule is COc1ccc(C2C(C(=O)c3ccc(C)cc3)C(=O)C(=O)N2c2nncs2)cc1. The van der Waals surface area contributed by atoms with Gasteiger partial charge in [-0.1, -0.05) is 53.3 Å².